The summed E-state index contributed by atoms with van der Waals surface area (Å²) in [5, 5.41) is 0. The van der Waals surface area contributed by atoms with E-state index in [4.69, 9.17) is 4.74 Å². The van der Waals surface area contributed by atoms with Crippen LogP contribution in [0.4, 0.5) is 0 Å². The number of rotatable bonds is 4. The molecule has 0 heterocycles. The van der Waals surface area contributed by atoms with Gasteiger partial charge in [-0.05, 0) is 46.2 Å². The Morgan fingerprint density at radius 2 is 1.00 bits per heavy atom. The van der Waals surface area contributed by atoms with Crippen LogP contribution >= 0.6 is 0 Å². The molecule has 0 atom stereocenters. The van der Waals surface area contributed by atoms with E-state index in [-0.39, 0.29) is 38.8 Å². The highest BCUT2D eigenvalue weighted by atomic mass is 16.5. The molecule has 0 aliphatic heterocycles. The van der Waals surface area contributed by atoms with E-state index in [9.17, 15) is 19.2 Å². The molecular weight excluding hydrogens is 490 g/mol. The van der Waals surface area contributed by atoms with Crippen molar-refractivity contribution in [2.75, 3.05) is 7.11 Å². The third-order valence-electron chi connectivity index (χ3n) is 6.88. The van der Waals surface area contributed by atoms with Crippen LogP contribution in [0, 0.1) is 0 Å². The lowest BCUT2D eigenvalue weighted by Crippen LogP contribution is -2.42. The number of nitrogens with zero attached hydrogens (tertiary/aromatic N) is 1. The predicted molar refractivity (Wildman–Crippen MR) is 150 cm³/mol. The first-order chi connectivity index (χ1) is 18.3. The first-order valence-electron chi connectivity index (χ1n) is 12.8. The minimum absolute atomic E-state index is 0.107. The standard InChI is InChI=1S/C33H33NO5/c1-32(2,3)22-16-12-20(13-17-22)30(37)34(31(38)21-14-18-23(19-15-21)33(4,5)6)26-27(35)24-10-8-9-11-25(24)28(36)29(26)39-7/h8-19H,1-7H3. The second-order valence-electron chi connectivity index (χ2n) is 11.7. The quantitative estimate of drug-likeness (QED) is 0.365. The van der Waals surface area contributed by atoms with E-state index in [2.05, 4.69) is 41.5 Å². The molecule has 0 N–H and O–H groups in total. The van der Waals surface area contributed by atoms with E-state index >= 15 is 0 Å². The number of methoxy groups -OCH3 is 1. The number of benzene rings is 3. The van der Waals surface area contributed by atoms with Gasteiger partial charge in [0.05, 0.1) is 7.11 Å². The van der Waals surface area contributed by atoms with Crippen LogP contribution in [0.2, 0.25) is 0 Å². The van der Waals surface area contributed by atoms with Crippen molar-refractivity contribution in [3.8, 4) is 0 Å². The topological polar surface area (TPSA) is 80.8 Å². The lowest BCUT2D eigenvalue weighted by Gasteiger charge is -2.28. The summed E-state index contributed by atoms with van der Waals surface area (Å²) in [7, 11) is 1.25. The maximum Gasteiger partial charge on any atom is 0.265 e. The number of ether oxygens (including phenoxy) is 1. The number of allylic oxidation sites excluding steroid dienone is 2. The molecule has 0 unspecified atom stereocenters. The van der Waals surface area contributed by atoms with Crippen molar-refractivity contribution in [2.24, 2.45) is 0 Å². The van der Waals surface area contributed by atoms with Crippen molar-refractivity contribution in [3.05, 3.63) is 118 Å². The van der Waals surface area contributed by atoms with Crippen LogP contribution in [0.25, 0.3) is 0 Å². The van der Waals surface area contributed by atoms with Crippen LogP contribution in [0.15, 0.2) is 84.3 Å². The number of Topliss-reactive ketones (excluding diaryl/α,β-unsaturated/α-hetero) is 2. The fourth-order valence-corrected chi connectivity index (χ4v) is 4.51. The highest BCUT2D eigenvalue weighted by molar-refractivity contribution is 6.29. The molecule has 3 aromatic rings. The van der Waals surface area contributed by atoms with E-state index in [0.717, 1.165) is 16.0 Å². The number of carbonyl (C=O) groups is 4. The van der Waals surface area contributed by atoms with E-state index in [1.165, 1.54) is 19.2 Å². The Labute approximate surface area is 229 Å². The Morgan fingerprint density at radius 1 is 0.615 bits per heavy atom. The molecule has 3 aromatic carbocycles. The first kappa shape index (κ1) is 27.7. The second-order valence-corrected chi connectivity index (χ2v) is 11.7. The van der Waals surface area contributed by atoms with Gasteiger partial charge in [0, 0.05) is 22.3 Å². The Bertz CT molecular complexity index is 1430. The number of carbonyl (C=O) groups excluding carboxylic acids is 4. The fourth-order valence-electron chi connectivity index (χ4n) is 4.51. The summed E-state index contributed by atoms with van der Waals surface area (Å²) in [6.45, 7) is 12.3. The molecular formula is C33H33NO5. The van der Waals surface area contributed by atoms with Crippen molar-refractivity contribution in [2.45, 2.75) is 52.4 Å². The second kappa shape index (κ2) is 10.1. The highest BCUT2D eigenvalue weighted by Gasteiger charge is 2.41. The zero-order chi connectivity index (χ0) is 28.7. The summed E-state index contributed by atoms with van der Waals surface area (Å²) < 4.78 is 5.39. The third kappa shape index (κ3) is 5.19. The Kier molecular flexibility index (Phi) is 7.17. The summed E-state index contributed by atoms with van der Waals surface area (Å²) in [5.74, 6) is -3.02. The van der Waals surface area contributed by atoms with Gasteiger partial charge in [-0.15, -0.1) is 0 Å². The molecule has 39 heavy (non-hydrogen) atoms. The Balaban J connectivity index is 1.89. The van der Waals surface area contributed by atoms with Gasteiger partial charge in [-0.2, -0.15) is 0 Å². The molecule has 1 aliphatic carbocycles. The number of ketones is 2. The fraction of sp³-hybridized carbons (Fsp3) is 0.273. The molecule has 0 spiro atoms. The molecule has 0 saturated heterocycles. The maximum atomic E-state index is 14.0. The number of hydrogen-bond donors (Lipinski definition) is 0. The van der Waals surface area contributed by atoms with Crippen LogP contribution in [-0.2, 0) is 15.6 Å². The van der Waals surface area contributed by atoms with Crippen LogP contribution in [0.5, 0.6) is 0 Å². The summed E-state index contributed by atoms with van der Waals surface area (Å²) >= 11 is 0. The normalized spacial score (nSPS) is 13.7. The summed E-state index contributed by atoms with van der Waals surface area (Å²) in [6.07, 6.45) is 0. The number of imide groups is 1. The van der Waals surface area contributed by atoms with Crippen LogP contribution in [-0.4, -0.2) is 35.4 Å². The van der Waals surface area contributed by atoms with Gasteiger partial charge in [-0.3, -0.25) is 19.2 Å². The van der Waals surface area contributed by atoms with Crippen LogP contribution in [0.3, 0.4) is 0 Å². The molecule has 0 saturated carbocycles. The van der Waals surface area contributed by atoms with Gasteiger partial charge in [0.25, 0.3) is 11.8 Å². The summed E-state index contributed by atoms with van der Waals surface area (Å²) in [4.78, 5) is 56.0. The lowest BCUT2D eigenvalue weighted by molar-refractivity contribution is 0.0624. The number of hydrogen-bond acceptors (Lipinski definition) is 5. The smallest absolute Gasteiger partial charge is 0.265 e. The SMILES string of the molecule is COC1=C(N(C(=O)c2ccc(C(C)(C)C)cc2)C(=O)c2ccc(C(C)(C)C)cc2)C(=O)c2ccccc2C1=O. The summed E-state index contributed by atoms with van der Waals surface area (Å²) in [5.41, 5.74) is 1.99. The van der Waals surface area contributed by atoms with Crippen LogP contribution in [0.1, 0.15) is 94.1 Å². The van der Waals surface area contributed by atoms with Gasteiger partial charge in [-0.1, -0.05) is 90.1 Å². The van der Waals surface area contributed by atoms with Crippen molar-refractivity contribution in [1.82, 2.24) is 4.90 Å². The molecule has 0 radical (unpaired) electrons. The van der Waals surface area contributed by atoms with Gasteiger partial charge in [-0.25, -0.2) is 4.90 Å². The molecule has 6 nitrogen and oxygen atoms in total. The number of amides is 2. The van der Waals surface area contributed by atoms with Gasteiger partial charge < -0.3 is 4.74 Å². The van der Waals surface area contributed by atoms with E-state index < -0.39 is 29.1 Å². The zero-order valence-electron chi connectivity index (χ0n) is 23.4. The van der Waals surface area contributed by atoms with E-state index in [1.54, 1.807) is 36.4 Å². The van der Waals surface area contributed by atoms with Crippen molar-refractivity contribution in [1.29, 1.82) is 0 Å². The molecule has 200 valence electrons. The Morgan fingerprint density at radius 3 is 1.36 bits per heavy atom. The minimum Gasteiger partial charge on any atom is -0.491 e. The highest BCUT2D eigenvalue weighted by Crippen LogP contribution is 2.32. The van der Waals surface area contributed by atoms with Crippen molar-refractivity contribution in [3.63, 3.8) is 0 Å². The van der Waals surface area contributed by atoms with Gasteiger partial charge in [0.2, 0.25) is 11.6 Å². The first-order valence-corrected chi connectivity index (χ1v) is 12.8. The molecule has 0 aromatic heterocycles. The maximum absolute atomic E-state index is 14.0. The number of fused-ring (bicyclic) bond motifs is 1. The van der Waals surface area contributed by atoms with Gasteiger partial charge in [0.15, 0.2) is 5.76 Å². The largest absolute Gasteiger partial charge is 0.491 e. The monoisotopic (exact) mass is 523 g/mol. The molecule has 4 rings (SSSR count). The van der Waals surface area contributed by atoms with Crippen LogP contribution < -0.4 is 0 Å². The van der Waals surface area contributed by atoms with Crippen molar-refractivity contribution >= 4 is 23.4 Å². The third-order valence-corrected chi connectivity index (χ3v) is 6.88. The predicted octanol–water partition coefficient (Wildman–Crippen LogP) is 6.50. The minimum atomic E-state index is -0.731. The lowest BCUT2D eigenvalue weighted by atomic mass is 9.86. The molecule has 2 amide bonds. The van der Waals surface area contributed by atoms with Gasteiger partial charge in [0.1, 0.15) is 5.70 Å². The average Bonchev–Trinajstić information content (AvgIpc) is 2.90. The van der Waals surface area contributed by atoms with E-state index in [0.29, 0.717) is 0 Å². The van der Waals surface area contributed by atoms with Gasteiger partial charge >= 0.3 is 0 Å². The molecule has 0 bridgehead atoms. The average molecular weight is 524 g/mol. The molecule has 0 fully saturated rings. The zero-order valence-corrected chi connectivity index (χ0v) is 23.4. The summed E-state index contributed by atoms with van der Waals surface area (Å²) in [6, 6.07) is 20.1. The van der Waals surface area contributed by atoms with E-state index in [1.807, 2.05) is 24.3 Å². The Hall–Kier alpha value is -4.32. The molecule has 1 aliphatic rings. The van der Waals surface area contributed by atoms with Crippen molar-refractivity contribution < 1.29 is 23.9 Å². The molecule has 6 heteroatoms.